The number of hydrogen-bond acceptors (Lipinski definition) is 5. The van der Waals surface area contributed by atoms with E-state index in [9.17, 15) is 13.2 Å². The number of para-hydroxylation sites is 1. The highest BCUT2D eigenvalue weighted by atomic mass is 32.2. The van der Waals surface area contributed by atoms with Gasteiger partial charge in [-0.05, 0) is 38.4 Å². The lowest BCUT2D eigenvalue weighted by atomic mass is 9.93. The summed E-state index contributed by atoms with van der Waals surface area (Å²) in [5.41, 5.74) is 1.06. The quantitative estimate of drug-likeness (QED) is 0.863. The summed E-state index contributed by atoms with van der Waals surface area (Å²) in [4.78, 5) is 15.0. The van der Waals surface area contributed by atoms with Gasteiger partial charge in [-0.1, -0.05) is 18.2 Å². The number of amides is 1. The van der Waals surface area contributed by atoms with Crippen LogP contribution in [-0.2, 0) is 14.6 Å². The molecule has 0 bridgehead atoms. The Morgan fingerprint density at radius 1 is 1.12 bits per heavy atom. The second-order valence-electron chi connectivity index (χ2n) is 7.60. The number of sulfone groups is 1. The molecule has 1 aromatic rings. The number of rotatable bonds is 3. The van der Waals surface area contributed by atoms with Crippen LogP contribution < -0.4 is 10.1 Å². The number of nitrogens with zero attached hydrogens (tertiary/aromatic N) is 1. The Bertz CT molecular complexity index is 771. The molecule has 0 radical (unpaired) electrons. The first-order valence-corrected chi connectivity index (χ1v) is 11.3. The van der Waals surface area contributed by atoms with Crippen LogP contribution in [0.25, 0.3) is 0 Å². The van der Waals surface area contributed by atoms with Crippen LogP contribution in [0, 0.1) is 5.92 Å². The number of nitrogens with one attached hydrogen (secondary N) is 1. The molecule has 0 saturated carbocycles. The fourth-order valence-electron chi connectivity index (χ4n) is 4.37. The van der Waals surface area contributed by atoms with E-state index >= 15 is 0 Å². The zero-order valence-electron chi connectivity index (χ0n) is 14.9. The Morgan fingerprint density at radius 3 is 2.62 bits per heavy atom. The van der Waals surface area contributed by atoms with Gasteiger partial charge in [0.1, 0.15) is 5.75 Å². The van der Waals surface area contributed by atoms with Crippen molar-refractivity contribution in [2.45, 2.75) is 37.8 Å². The lowest BCUT2D eigenvalue weighted by Gasteiger charge is -2.36. The van der Waals surface area contributed by atoms with E-state index in [-0.39, 0.29) is 29.7 Å². The number of piperidine rings is 1. The molecule has 0 aromatic heterocycles. The van der Waals surface area contributed by atoms with Crippen molar-refractivity contribution in [2.75, 3.05) is 31.2 Å². The van der Waals surface area contributed by atoms with Crippen LogP contribution in [0.4, 0.5) is 0 Å². The minimum absolute atomic E-state index is 0.0132. The molecule has 2 saturated heterocycles. The van der Waals surface area contributed by atoms with E-state index in [0.717, 1.165) is 50.1 Å². The Balaban J connectivity index is 1.32. The fraction of sp³-hybridized carbons (Fsp3) is 0.632. The molecule has 26 heavy (non-hydrogen) atoms. The predicted molar refractivity (Wildman–Crippen MR) is 98.8 cm³/mol. The van der Waals surface area contributed by atoms with Crippen LogP contribution in [0.1, 0.15) is 37.3 Å². The summed E-state index contributed by atoms with van der Waals surface area (Å²) in [6, 6.07) is 8.05. The molecule has 3 aliphatic heterocycles. The van der Waals surface area contributed by atoms with Crippen molar-refractivity contribution >= 4 is 15.7 Å². The predicted octanol–water partition coefficient (Wildman–Crippen LogP) is 1.53. The summed E-state index contributed by atoms with van der Waals surface area (Å²) in [7, 11) is -2.86. The highest BCUT2D eigenvalue weighted by Crippen LogP contribution is 2.32. The minimum atomic E-state index is -2.86. The molecular formula is C19H26N2O4S. The van der Waals surface area contributed by atoms with Gasteiger partial charge in [0.15, 0.2) is 9.84 Å². The summed E-state index contributed by atoms with van der Waals surface area (Å²) in [6.07, 6.45) is 3.13. The van der Waals surface area contributed by atoms with E-state index in [1.807, 2.05) is 24.3 Å². The van der Waals surface area contributed by atoms with Gasteiger partial charge in [0.05, 0.1) is 24.2 Å². The van der Waals surface area contributed by atoms with Gasteiger partial charge in [0.2, 0.25) is 5.91 Å². The molecule has 2 fully saturated rings. The molecule has 7 heteroatoms. The van der Waals surface area contributed by atoms with Gasteiger partial charge in [-0.2, -0.15) is 0 Å². The van der Waals surface area contributed by atoms with Crippen molar-refractivity contribution in [2.24, 2.45) is 5.92 Å². The normalized spacial score (nSPS) is 28.9. The second kappa shape index (κ2) is 7.19. The smallest absolute Gasteiger partial charge is 0.223 e. The molecule has 1 amide bonds. The lowest BCUT2D eigenvalue weighted by Crippen LogP contribution is -2.46. The van der Waals surface area contributed by atoms with E-state index in [4.69, 9.17) is 4.74 Å². The molecule has 6 nitrogen and oxygen atoms in total. The van der Waals surface area contributed by atoms with Gasteiger partial charge in [-0.25, -0.2) is 8.42 Å². The van der Waals surface area contributed by atoms with Gasteiger partial charge < -0.3 is 10.1 Å². The summed E-state index contributed by atoms with van der Waals surface area (Å²) < 4.78 is 29.0. The van der Waals surface area contributed by atoms with E-state index in [1.165, 1.54) is 0 Å². The topological polar surface area (TPSA) is 75.7 Å². The van der Waals surface area contributed by atoms with E-state index in [0.29, 0.717) is 12.4 Å². The van der Waals surface area contributed by atoms with Crippen LogP contribution in [-0.4, -0.2) is 56.5 Å². The summed E-state index contributed by atoms with van der Waals surface area (Å²) in [5.74, 6) is 1.58. The van der Waals surface area contributed by atoms with E-state index in [2.05, 4.69) is 10.2 Å². The van der Waals surface area contributed by atoms with Gasteiger partial charge in [0.25, 0.3) is 0 Å². The summed E-state index contributed by atoms with van der Waals surface area (Å²) in [6.45, 7) is 2.24. The molecule has 0 aliphatic carbocycles. The number of fused-ring (bicyclic) bond motifs is 1. The lowest BCUT2D eigenvalue weighted by molar-refractivity contribution is -0.127. The molecule has 142 valence electrons. The Hall–Kier alpha value is -1.60. The highest BCUT2D eigenvalue weighted by Gasteiger charge is 2.35. The van der Waals surface area contributed by atoms with Gasteiger partial charge in [-0.15, -0.1) is 0 Å². The maximum absolute atomic E-state index is 12.7. The number of carbonyl (C=O) groups is 1. The van der Waals surface area contributed by atoms with Crippen molar-refractivity contribution < 1.29 is 17.9 Å². The molecule has 0 spiro atoms. The first-order chi connectivity index (χ1) is 12.5. The van der Waals surface area contributed by atoms with Crippen molar-refractivity contribution in [3.8, 4) is 5.75 Å². The van der Waals surface area contributed by atoms with Crippen LogP contribution in [0.3, 0.4) is 0 Å². The highest BCUT2D eigenvalue weighted by molar-refractivity contribution is 7.91. The molecule has 0 unspecified atom stereocenters. The van der Waals surface area contributed by atoms with Crippen LogP contribution >= 0.6 is 0 Å². The average molecular weight is 378 g/mol. The zero-order valence-corrected chi connectivity index (χ0v) is 15.7. The van der Waals surface area contributed by atoms with Gasteiger partial charge in [0, 0.05) is 23.9 Å². The number of hydrogen-bond donors (Lipinski definition) is 1. The Morgan fingerprint density at radius 2 is 1.88 bits per heavy atom. The van der Waals surface area contributed by atoms with Crippen molar-refractivity contribution in [3.05, 3.63) is 29.8 Å². The van der Waals surface area contributed by atoms with E-state index in [1.54, 1.807) is 0 Å². The SMILES string of the molecule is O=C(N[C@@H]1CCOc2ccccc21)C1CCN([C@@H]2CCS(=O)(=O)C2)CC1. The monoisotopic (exact) mass is 378 g/mol. The largest absolute Gasteiger partial charge is 0.493 e. The van der Waals surface area contributed by atoms with Crippen LogP contribution in [0.15, 0.2) is 24.3 Å². The first kappa shape index (κ1) is 17.8. The summed E-state index contributed by atoms with van der Waals surface area (Å²) in [5, 5.41) is 3.21. The Kier molecular flexibility index (Phi) is 4.92. The Labute approximate surface area is 154 Å². The minimum Gasteiger partial charge on any atom is -0.493 e. The third kappa shape index (κ3) is 3.74. The van der Waals surface area contributed by atoms with Crippen LogP contribution in [0.2, 0.25) is 0 Å². The van der Waals surface area contributed by atoms with Crippen molar-refractivity contribution in [1.29, 1.82) is 0 Å². The molecule has 2 atom stereocenters. The van der Waals surface area contributed by atoms with Crippen molar-refractivity contribution in [1.82, 2.24) is 10.2 Å². The number of likely N-dealkylation sites (tertiary alicyclic amines) is 1. The average Bonchev–Trinajstić information content (AvgIpc) is 3.02. The van der Waals surface area contributed by atoms with Crippen molar-refractivity contribution in [3.63, 3.8) is 0 Å². The summed E-state index contributed by atoms with van der Waals surface area (Å²) >= 11 is 0. The zero-order chi connectivity index (χ0) is 18.1. The molecule has 1 aromatic carbocycles. The molecular weight excluding hydrogens is 352 g/mol. The third-order valence-electron chi connectivity index (χ3n) is 5.90. The molecule has 3 aliphatic rings. The fourth-order valence-corrected chi connectivity index (χ4v) is 6.13. The number of carbonyl (C=O) groups excluding carboxylic acids is 1. The number of benzene rings is 1. The molecule has 1 N–H and O–H groups in total. The second-order valence-corrected chi connectivity index (χ2v) is 9.83. The molecule has 3 heterocycles. The third-order valence-corrected chi connectivity index (χ3v) is 7.65. The molecule has 4 rings (SSSR count). The first-order valence-electron chi connectivity index (χ1n) is 9.48. The van der Waals surface area contributed by atoms with E-state index < -0.39 is 9.84 Å². The van der Waals surface area contributed by atoms with Gasteiger partial charge in [-0.3, -0.25) is 9.69 Å². The maximum Gasteiger partial charge on any atom is 0.223 e. The maximum atomic E-state index is 12.7. The van der Waals surface area contributed by atoms with Crippen LogP contribution in [0.5, 0.6) is 5.75 Å². The van der Waals surface area contributed by atoms with Gasteiger partial charge >= 0.3 is 0 Å². The number of ether oxygens (including phenoxy) is 1. The standard InChI is InChI=1S/C19H26N2O4S/c22-19(20-17-7-11-25-18-4-2-1-3-16(17)18)14-5-9-21(10-6-14)15-8-12-26(23,24)13-15/h1-4,14-15,17H,5-13H2,(H,20,22)/t15-,17-/m1/s1.